The summed E-state index contributed by atoms with van der Waals surface area (Å²) in [7, 11) is 0. The van der Waals surface area contributed by atoms with Crippen molar-refractivity contribution in [2.24, 2.45) is 10.8 Å². The van der Waals surface area contributed by atoms with Crippen molar-refractivity contribution in [1.29, 1.82) is 0 Å². The number of hydrazone groups is 1. The number of benzene rings is 1. The Bertz CT molecular complexity index is 1350. The maximum absolute atomic E-state index is 14.5. The van der Waals surface area contributed by atoms with Gasteiger partial charge in [0.2, 0.25) is 11.9 Å². The molecule has 1 atom stereocenters. The van der Waals surface area contributed by atoms with E-state index in [1.165, 1.54) is 34.1 Å². The van der Waals surface area contributed by atoms with Crippen LogP contribution in [0, 0.1) is 17.5 Å². The zero-order valence-corrected chi connectivity index (χ0v) is 19.5. The third-order valence-electron chi connectivity index (χ3n) is 6.06. The lowest BCUT2D eigenvalue weighted by molar-refractivity contribution is -0.118. The van der Waals surface area contributed by atoms with Gasteiger partial charge in [-0.05, 0) is 23.8 Å². The van der Waals surface area contributed by atoms with E-state index in [1.54, 1.807) is 16.0 Å². The van der Waals surface area contributed by atoms with E-state index in [1.807, 2.05) is 0 Å². The van der Waals surface area contributed by atoms with Crippen LogP contribution in [0.5, 0.6) is 0 Å². The van der Waals surface area contributed by atoms with Crippen LogP contribution in [0.2, 0.25) is 0 Å². The van der Waals surface area contributed by atoms with Gasteiger partial charge in [-0.1, -0.05) is 0 Å². The molecule has 0 unspecified atom stereocenters. The zero-order chi connectivity index (χ0) is 26.1. The molecule has 1 aromatic carbocycles. The molecule has 0 spiro atoms. The van der Waals surface area contributed by atoms with Gasteiger partial charge in [0.05, 0.1) is 12.2 Å². The molecule has 192 valence electrons. The van der Waals surface area contributed by atoms with E-state index in [0.29, 0.717) is 38.2 Å². The predicted octanol–water partition coefficient (Wildman–Crippen LogP) is 1.92. The Morgan fingerprint density at radius 3 is 2.49 bits per heavy atom. The van der Waals surface area contributed by atoms with Gasteiger partial charge in [0.25, 0.3) is 0 Å². The molecule has 0 bridgehead atoms. The molecule has 2 N–H and O–H groups in total. The summed E-state index contributed by atoms with van der Waals surface area (Å²) in [6, 6.07) is 3.70. The van der Waals surface area contributed by atoms with Crippen LogP contribution in [0.4, 0.5) is 23.9 Å². The summed E-state index contributed by atoms with van der Waals surface area (Å²) in [6.07, 6.45) is 4.43. The first-order valence-corrected chi connectivity index (χ1v) is 11.4. The Kier molecular flexibility index (Phi) is 6.46. The molecule has 2 aliphatic heterocycles. The third-order valence-corrected chi connectivity index (χ3v) is 6.06. The van der Waals surface area contributed by atoms with Gasteiger partial charge in [0.1, 0.15) is 29.6 Å². The second-order valence-electron chi connectivity index (χ2n) is 8.58. The highest BCUT2D eigenvalue weighted by molar-refractivity contribution is 5.79. The molecule has 1 saturated heterocycles. The lowest BCUT2D eigenvalue weighted by atomic mass is 10.0. The Balaban J connectivity index is 1.26. The summed E-state index contributed by atoms with van der Waals surface area (Å²) < 4.78 is 43.2. The molecule has 2 aromatic heterocycles. The summed E-state index contributed by atoms with van der Waals surface area (Å²) >= 11 is 0. The SMILES string of the molecule is NC(=O)Cn1ccc(-c2nc(N3CCN(C(=O)N4N=CC[C@H]4c4cc(F)cc(F)c4)CC3)ncc2F)n1. The number of nitrogens with two attached hydrogens (primary N) is 1. The second-order valence-corrected chi connectivity index (χ2v) is 8.58. The number of primary amides is 1. The van der Waals surface area contributed by atoms with Crippen LogP contribution in [0.1, 0.15) is 18.0 Å². The van der Waals surface area contributed by atoms with Gasteiger partial charge in [0, 0.05) is 51.1 Å². The van der Waals surface area contributed by atoms with E-state index in [9.17, 15) is 22.8 Å². The smallest absolute Gasteiger partial charge is 0.341 e. The Labute approximate surface area is 209 Å². The largest absolute Gasteiger partial charge is 0.368 e. The van der Waals surface area contributed by atoms with Crippen LogP contribution in [0.3, 0.4) is 0 Å². The van der Waals surface area contributed by atoms with Crippen molar-refractivity contribution < 1.29 is 22.8 Å². The molecular formula is C23H22F3N9O2. The Morgan fingerprint density at radius 2 is 1.78 bits per heavy atom. The van der Waals surface area contributed by atoms with Crippen molar-refractivity contribution in [3.63, 3.8) is 0 Å². The average molecular weight is 513 g/mol. The van der Waals surface area contributed by atoms with Gasteiger partial charge >= 0.3 is 6.03 Å². The highest BCUT2D eigenvalue weighted by atomic mass is 19.1. The first kappa shape index (κ1) is 24.2. The van der Waals surface area contributed by atoms with Gasteiger partial charge in [-0.25, -0.2) is 32.9 Å². The number of rotatable bonds is 5. The quantitative estimate of drug-likeness (QED) is 0.556. The van der Waals surface area contributed by atoms with Crippen LogP contribution in [-0.4, -0.2) is 74.0 Å². The lowest BCUT2D eigenvalue weighted by Gasteiger charge is -2.37. The predicted molar refractivity (Wildman–Crippen MR) is 126 cm³/mol. The van der Waals surface area contributed by atoms with Crippen LogP contribution < -0.4 is 10.6 Å². The highest BCUT2D eigenvalue weighted by Crippen LogP contribution is 2.30. The fraction of sp³-hybridized carbons (Fsp3) is 0.304. The number of aromatic nitrogens is 4. The number of hydrogen-bond donors (Lipinski definition) is 1. The number of nitrogens with zero attached hydrogens (tertiary/aromatic N) is 8. The number of hydrogen-bond acceptors (Lipinski definition) is 7. The van der Waals surface area contributed by atoms with Crippen LogP contribution >= 0.6 is 0 Å². The molecule has 0 radical (unpaired) electrons. The van der Waals surface area contributed by atoms with Gasteiger partial charge in [0.15, 0.2) is 5.82 Å². The fourth-order valence-corrected chi connectivity index (χ4v) is 4.31. The summed E-state index contributed by atoms with van der Waals surface area (Å²) in [4.78, 5) is 36.1. The molecule has 1 fully saturated rings. The van der Waals surface area contributed by atoms with Gasteiger partial charge in [-0.15, -0.1) is 0 Å². The number of urea groups is 1. The van der Waals surface area contributed by atoms with Crippen molar-refractivity contribution in [3.8, 4) is 11.4 Å². The fourth-order valence-electron chi connectivity index (χ4n) is 4.31. The van der Waals surface area contributed by atoms with E-state index in [-0.39, 0.29) is 29.9 Å². The standard InChI is InChI=1S/C23H22F3N9O2/c24-15-9-14(10-16(25)11-15)19-1-3-29-35(19)23(37)33-7-5-32(6-8-33)22-28-12-17(26)21(30-22)18-2-4-34(31-18)13-20(27)36/h2-4,9-12,19H,1,5-8,13H2,(H2,27,36)/t19-/m0/s1. The molecule has 3 amide bonds. The van der Waals surface area contributed by atoms with Crippen molar-refractivity contribution >= 4 is 24.1 Å². The third kappa shape index (κ3) is 5.08. The van der Waals surface area contributed by atoms with Gasteiger partial charge in [-0.3, -0.25) is 9.48 Å². The minimum absolute atomic E-state index is 0.0247. The first-order chi connectivity index (χ1) is 17.8. The topological polar surface area (TPSA) is 126 Å². The first-order valence-electron chi connectivity index (χ1n) is 11.4. The molecule has 37 heavy (non-hydrogen) atoms. The maximum atomic E-state index is 14.5. The minimum atomic E-state index is -0.721. The molecular weight excluding hydrogens is 491 g/mol. The zero-order valence-electron chi connectivity index (χ0n) is 19.5. The van der Waals surface area contributed by atoms with Crippen LogP contribution in [0.15, 0.2) is 41.8 Å². The maximum Gasteiger partial charge on any atom is 0.341 e. The normalized spacial score (nSPS) is 17.5. The van der Waals surface area contributed by atoms with Crippen molar-refractivity contribution in [1.82, 2.24) is 29.7 Å². The number of carbonyl (C=O) groups is 2. The summed E-state index contributed by atoms with van der Waals surface area (Å²) in [5.41, 5.74) is 5.70. The monoisotopic (exact) mass is 513 g/mol. The number of amides is 3. The second kappa shape index (κ2) is 9.87. The van der Waals surface area contributed by atoms with E-state index in [2.05, 4.69) is 20.2 Å². The van der Waals surface area contributed by atoms with Crippen molar-refractivity contribution in [2.45, 2.75) is 19.0 Å². The van der Waals surface area contributed by atoms with Crippen LogP contribution in [-0.2, 0) is 11.3 Å². The molecule has 14 heteroatoms. The van der Waals surface area contributed by atoms with Crippen molar-refractivity contribution in [3.05, 3.63) is 59.7 Å². The number of anilines is 1. The Hall–Kier alpha value is -4.49. The summed E-state index contributed by atoms with van der Waals surface area (Å²) in [5.74, 6) is -2.43. The Morgan fingerprint density at radius 1 is 1.05 bits per heavy atom. The molecule has 0 saturated carbocycles. The summed E-state index contributed by atoms with van der Waals surface area (Å²) in [6.45, 7) is 1.19. The van der Waals surface area contributed by atoms with Crippen molar-refractivity contribution in [2.75, 3.05) is 31.1 Å². The van der Waals surface area contributed by atoms with Crippen LogP contribution in [0.25, 0.3) is 11.4 Å². The molecule has 2 aliphatic rings. The highest BCUT2D eigenvalue weighted by Gasteiger charge is 2.34. The average Bonchev–Trinajstić information content (AvgIpc) is 3.53. The lowest BCUT2D eigenvalue weighted by Crippen LogP contribution is -2.52. The van der Waals surface area contributed by atoms with E-state index in [0.717, 1.165) is 12.3 Å². The van der Waals surface area contributed by atoms with Gasteiger partial charge < -0.3 is 15.5 Å². The number of halogens is 3. The van der Waals surface area contributed by atoms with Gasteiger partial charge in [-0.2, -0.15) is 10.2 Å². The molecule has 3 aromatic rings. The molecule has 0 aliphatic carbocycles. The summed E-state index contributed by atoms with van der Waals surface area (Å²) in [5, 5.41) is 9.51. The van der Waals surface area contributed by atoms with E-state index >= 15 is 0 Å². The molecule has 5 rings (SSSR count). The number of piperazine rings is 1. The van der Waals surface area contributed by atoms with E-state index in [4.69, 9.17) is 5.73 Å². The minimum Gasteiger partial charge on any atom is -0.368 e. The molecule has 11 nitrogen and oxygen atoms in total. The van der Waals surface area contributed by atoms with E-state index < -0.39 is 29.4 Å². The number of carbonyl (C=O) groups excluding carboxylic acids is 2. The molecule has 4 heterocycles.